The molecular formula is C30H40F2. The zero-order chi connectivity index (χ0) is 22.5. The number of fused-ring (bicyclic) bond motifs is 1. The van der Waals surface area contributed by atoms with Crippen LogP contribution in [0.2, 0.25) is 0 Å². The monoisotopic (exact) mass is 438 g/mol. The molecule has 0 N–H and O–H groups in total. The molecule has 0 unspecified atom stereocenters. The highest BCUT2D eigenvalue weighted by Gasteiger charge is 2.31. The Balaban J connectivity index is 1.36. The predicted molar refractivity (Wildman–Crippen MR) is 132 cm³/mol. The standard InChI is InChI=1S/C30H40F2/c1-3-5-6-8-21-9-11-22(12-10-21)23-13-15-24(16-14-23)25-17-18-26-19-27(7-4-2)29(31)30(32)28(26)20-25/h6,8,17-24H,3-5,7,9-16H2,1-2H3/b8-6+. The molecule has 32 heavy (non-hydrogen) atoms. The first-order valence-electron chi connectivity index (χ1n) is 13.2. The van der Waals surface area contributed by atoms with E-state index in [1.165, 1.54) is 69.8 Å². The van der Waals surface area contributed by atoms with Crippen molar-refractivity contribution in [1.82, 2.24) is 0 Å². The van der Waals surface area contributed by atoms with Gasteiger partial charge in [0, 0.05) is 5.39 Å². The van der Waals surface area contributed by atoms with Crippen LogP contribution in [0.1, 0.15) is 102 Å². The molecule has 2 heteroatoms. The minimum absolute atomic E-state index is 0.455. The van der Waals surface area contributed by atoms with Crippen molar-refractivity contribution < 1.29 is 8.78 Å². The molecule has 0 spiro atoms. The van der Waals surface area contributed by atoms with Crippen molar-refractivity contribution in [2.75, 3.05) is 0 Å². The Hall–Kier alpha value is -1.70. The Labute approximate surface area is 193 Å². The molecule has 2 aliphatic carbocycles. The zero-order valence-electron chi connectivity index (χ0n) is 20.0. The molecule has 2 aromatic carbocycles. The van der Waals surface area contributed by atoms with Crippen LogP contribution in [0.15, 0.2) is 36.4 Å². The second kappa shape index (κ2) is 10.9. The molecule has 0 radical (unpaired) electrons. The van der Waals surface area contributed by atoms with Crippen LogP contribution in [-0.2, 0) is 6.42 Å². The summed E-state index contributed by atoms with van der Waals surface area (Å²) in [6.45, 7) is 4.24. The molecule has 4 rings (SSSR count). The Morgan fingerprint density at radius 1 is 0.812 bits per heavy atom. The Kier molecular flexibility index (Phi) is 8.02. The van der Waals surface area contributed by atoms with Gasteiger partial charge in [-0.3, -0.25) is 0 Å². The molecule has 174 valence electrons. The van der Waals surface area contributed by atoms with Crippen molar-refractivity contribution in [2.24, 2.45) is 17.8 Å². The molecule has 0 saturated heterocycles. The molecule has 0 atom stereocenters. The average molecular weight is 439 g/mol. The molecule has 0 amide bonds. The largest absolute Gasteiger partial charge is 0.203 e. The number of halogens is 2. The Morgan fingerprint density at radius 2 is 1.50 bits per heavy atom. The maximum Gasteiger partial charge on any atom is 0.166 e. The van der Waals surface area contributed by atoms with Gasteiger partial charge in [-0.25, -0.2) is 8.78 Å². The van der Waals surface area contributed by atoms with Crippen LogP contribution in [-0.4, -0.2) is 0 Å². The van der Waals surface area contributed by atoms with Crippen LogP contribution in [0, 0.1) is 29.4 Å². The van der Waals surface area contributed by atoms with E-state index in [0.29, 0.717) is 23.3 Å². The first-order chi connectivity index (χ1) is 15.6. The summed E-state index contributed by atoms with van der Waals surface area (Å²) >= 11 is 0. The fourth-order valence-corrected chi connectivity index (χ4v) is 6.29. The van der Waals surface area contributed by atoms with E-state index in [9.17, 15) is 8.78 Å². The van der Waals surface area contributed by atoms with Crippen LogP contribution in [0.5, 0.6) is 0 Å². The van der Waals surface area contributed by atoms with Gasteiger partial charge in [0.15, 0.2) is 11.6 Å². The van der Waals surface area contributed by atoms with Crippen LogP contribution in [0.25, 0.3) is 10.8 Å². The molecular weight excluding hydrogens is 398 g/mol. The highest BCUT2D eigenvalue weighted by Crippen LogP contribution is 2.44. The van der Waals surface area contributed by atoms with Gasteiger partial charge >= 0.3 is 0 Å². The van der Waals surface area contributed by atoms with Gasteiger partial charge in [0.05, 0.1) is 0 Å². The van der Waals surface area contributed by atoms with Gasteiger partial charge in [0.25, 0.3) is 0 Å². The Bertz CT molecular complexity index is 912. The summed E-state index contributed by atoms with van der Waals surface area (Å²) in [7, 11) is 0. The van der Waals surface area contributed by atoms with Crippen molar-refractivity contribution in [1.29, 1.82) is 0 Å². The highest BCUT2D eigenvalue weighted by atomic mass is 19.2. The predicted octanol–water partition coefficient (Wildman–Crippen LogP) is 9.51. The SMILES string of the molecule is CCC/C=C/C1CCC(C2CCC(c3ccc4cc(CCC)c(F)c(F)c4c3)CC2)CC1. The van der Waals surface area contributed by atoms with Gasteiger partial charge in [0.1, 0.15) is 0 Å². The lowest BCUT2D eigenvalue weighted by Gasteiger charge is -2.37. The van der Waals surface area contributed by atoms with E-state index in [0.717, 1.165) is 29.6 Å². The molecule has 0 aliphatic heterocycles. The summed E-state index contributed by atoms with van der Waals surface area (Å²) in [6.07, 6.45) is 19.2. The summed E-state index contributed by atoms with van der Waals surface area (Å²) in [4.78, 5) is 0. The molecule has 2 aromatic rings. The van der Waals surface area contributed by atoms with E-state index in [2.05, 4.69) is 25.1 Å². The number of rotatable bonds is 7. The van der Waals surface area contributed by atoms with Gasteiger partial charge < -0.3 is 0 Å². The third-order valence-corrected chi connectivity index (χ3v) is 8.23. The van der Waals surface area contributed by atoms with Crippen LogP contribution < -0.4 is 0 Å². The number of hydrogen-bond donors (Lipinski definition) is 0. The van der Waals surface area contributed by atoms with E-state index in [-0.39, 0.29) is 0 Å². The first-order valence-corrected chi connectivity index (χ1v) is 13.2. The van der Waals surface area contributed by atoms with Crippen molar-refractivity contribution in [3.8, 4) is 0 Å². The van der Waals surface area contributed by atoms with Gasteiger partial charge in [-0.2, -0.15) is 0 Å². The van der Waals surface area contributed by atoms with Crippen molar-refractivity contribution in [2.45, 2.75) is 96.8 Å². The molecule has 0 heterocycles. The summed E-state index contributed by atoms with van der Waals surface area (Å²) in [5, 5.41) is 1.28. The van der Waals surface area contributed by atoms with E-state index < -0.39 is 11.6 Å². The van der Waals surface area contributed by atoms with Crippen LogP contribution in [0.3, 0.4) is 0 Å². The van der Waals surface area contributed by atoms with Crippen LogP contribution in [0.4, 0.5) is 8.78 Å². The van der Waals surface area contributed by atoms with Crippen LogP contribution >= 0.6 is 0 Å². The van der Waals surface area contributed by atoms with Gasteiger partial charge in [-0.05, 0) is 117 Å². The average Bonchev–Trinajstić information content (AvgIpc) is 2.83. The lowest BCUT2D eigenvalue weighted by Crippen LogP contribution is -2.25. The van der Waals surface area contributed by atoms with Gasteiger partial charge in [0.2, 0.25) is 0 Å². The van der Waals surface area contributed by atoms with E-state index >= 15 is 0 Å². The van der Waals surface area contributed by atoms with Gasteiger partial charge in [-0.1, -0.05) is 51.0 Å². The lowest BCUT2D eigenvalue weighted by molar-refractivity contribution is 0.171. The fraction of sp³-hybridized carbons (Fsp3) is 0.600. The summed E-state index contributed by atoms with van der Waals surface area (Å²) < 4.78 is 29.3. The number of aryl methyl sites for hydroxylation is 1. The van der Waals surface area contributed by atoms with Crippen molar-refractivity contribution in [3.05, 3.63) is 59.2 Å². The summed E-state index contributed by atoms with van der Waals surface area (Å²) in [6, 6.07) is 7.94. The van der Waals surface area contributed by atoms with E-state index in [1.54, 1.807) is 0 Å². The zero-order valence-corrected chi connectivity index (χ0v) is 20.0. The lowest BCUT2D eigenvalue weighted by atomic mass is 9.68. The normalized spacial score (nSPS) is 26.8. The minimum atomic E-state index is -0.661. The van der Waals surface area contributed by atoms with E-state index in [4.69, 9.17) is 0 Å². The minimum Gasteiger partial charge on any atom is -0.203 e. The topological polar surface area (TPSA) is 0 Å². The third kappa shape index (κ3) is 5.26. The number of unbranched alkanes of at least 4 members (excludes halogenated alkanes) is 1. The summed E-state index contributed by atoms with van der Waals surface area (Å²) in [5.74, 6) is 1.73. The van der Waals surface area contributed by atoms with Gasteiger partial charge in [-0.15, -0.1) is 0 Å². The maximum atomic E-state index is 14.8. The second-order valence-corrected chi connectivity index (χ2v) is 10.4. The molecule has 2 fully saturated rings. The second-order valence-electron chi connectivity index (χ2n) is 10.4. The third-order valence-electron chi connectivity index (χ3n) is 8.23. The smallest absolute Gasteiger partial charge is 0.166 e. The Morgan fingerprint density at radius 3 is 2.16 bits per heavy atom. The molecule has 2 saturated carbocycles. The molecule has 2 aliphatic rings. The number of hydrogen-bond acceptors (Lipinski definition) is 0. The molecule has 0 nitrogen and oxygen atoms in total. The number of allylic oxidation sites excluding steroid dienone is 2. The van der Waals surface area contributed by atoms with Crippen molar-refractivity contribution in [3.63, 3.8) is 0 Å². The highest BCUT2D eigenvalue weighted by molar-refractivity contribution is 5.85. The molecule has 0 aromatic heterocycles. The fourth-order valence-electron chi connectivity index (χ4n) is 6.29. The quantitative estimate of drug-likeness (QED) is 0.378. The molecule has 0 bridgehead atoms. The first kappa shape index (κ1) is 23.5. The maximum absolute atomic E-state index is 14.8. The number of benzene rings is 2. The van der Waals surface area contributed by atoms with E-state index in [1.807, 2.05) is 25.1 Å². The van der Waals surface area contributed by atoms with Crippen molar-refractivity contribution >= 4 is 10.8 Å². The summed E-state index contributed by atoms with van der Waals surface area (Å²) in [5.41, 5.74) is 1.70.